The van der Waals surface area contributed by atoms with E-state index < -0.39 is 58.1 Å². The molecule has 0 amide bonds. The molecule has 0 bridgehead atoms. The van der Waals surface area contributed by atoms with Crippen molar-refractivity contribution in [2.45, 2.75) is 67.7 Å². The SMILES string of the molecule is C=CCN.CCCCCC(F)C(F)(F)C(F)(F)C(F)(F)C(F)(F)C(F)(F)S(=O)(=O)O. The first-order valence-corrected chi connectivity index (χ1v) is 9.40. The minimum atomic E-state index is -7.75. The molecule has 3 N–H and O–H groups in total. The third kappa shape index (κ3) is 5.75. The molecule has 0 saturated carbocycles. The van der Waals surface area contributed by atoms with Crippen molar-refractivity contribution in [3.05, 3.63) is 12.7 Å². The molecule has 0 aromatic carbocycles. The van der Waals surface area contributed by atoms with E-state index in [2.05, 4.69) is 6.58 Å². The minimum Gasteiger partial charge on any atom is -0.327 e. The quantitative estimate of drug-likeness (QED) is 0.183. The van der Waals surface area contributed by atoms with Crippen LogP contribution in [0.5, 0.6) is 0 Å². The van der Waals surface area contributed by atoms with Crippen molar-refractivity contribution in [2.75, 3.05) is 6.54 Å². The highest BCUT2D eigenvalue weighted by atomic mass is 32.2. The summed E-state index contributed by atoms with van der Waals surface area (Å²) in [7, 11) is -7.42. The Morgan fingerprint density at radius 3 is 1.63 bits per heavy atom. The molecule has 0 aliphatic rings. The molecule has 0 fully saturated rings. The van der Waals surface area contributed by atoms with Gasteiger partial charge in [0.05, 0.1) is 0 Å². The standard InChI is InChI=1S/C11H13F11O3S.C3H7N/c1-2-3-4-5-6(12)7(13,14)8(15,16)9(17,18)10(19,20)11(21,22)26(23,24)25;1-2-3-4/h6H,2-5H2,1H3,(H,23,24,25);2H,1,3-4H2. The van der Waals surface area contributed by atoms with E-state index in [0.717, 1.165) is 0 Å². The van der Waals surface area contributed by atoms with Crippen LogP contribution in [0.4, 0.5) is 48.3 Å². The van der Waals surface area contributed by atoms with Crippen LogP contribution in [0.25, 0.3) is 0 Å². The fourth-order valence-corrected chi connectivity index (χ4v) is 2.15. The Morgan fingerprint density at radius 2 is 1.33 bits per heavy atom. The van der Waals surface area contributed by atoms with Gasteiger partial charge in [-0.1, -0.05) is 32.3 Å². The van der Waals surface area contributed by atoms with Crippen LogP contribution in [0.15, 0.2) is 12.7 Å². The number of hydrogen-bond donors (Lipinski definition) is 2. The molecule has 0 rings (SSSR count). The molecule has 30 heavy (non-hydrogen) atoms. The topological polar surface area (TPSA) is 80.4 Å². The lowest BCUT2D eigenvalue weighted by atomic mass is 9.93. The van der Waals surface area contributed by atoms with Crippen molar-refractivity contribution in [1.29, 1.82) is 0 Å². The zero-order valence-electron chi connectivity index (χ0n) is 15.3. The molecule has 0 saturated heterocycles. The van der Waals surface area contributed by atoms with Crippen molar-refractivity contribution < 1.29 is 61.3 Å². The summed E-state index contributed by atoms with van der Waals surface area (Å²) in [6, 6.07) is 0. The lowest BCUT2D eigenvalue weighted by Crippen LogP contribution is -2.70. The van der Waals surface area contributed by atoms with Crippen LogP contribution in [0.3, 0.4) is 0 Å². The molecule has 1 atom stereocenters. The third-order valence-electron chi connectivity index (χ3n) is 3.52. The summed E-state index contributed by atoms with van der Waals surface area (Å²) in [5.74, 6) is -29.4. The molecule has 16 heteroatoms. The number of rotatable bonds is 11. The molecule has 0 aliphatic carbocycles. The maximum atomic E-state index is 13.3. The van der Waals surface area contributed by atoms with Crippen LogP contribution >= 0.6 is 0 Å². The van der Waals surface area contributed by atoms with Gasteiger partial charge in [0.25, 0.3) is 0 Å². The smallest absolute Gasteiger partial charge is 0.327 e. The monoisotopic (exact) mass is 491 g/mol. The Balaban J connectivity index is 0. The fourth-order valence-electron chi connectivity index (χ4n) is 1.70. The van der Waals surface area contributed by atoms with E-state index >= 15 is 0 Å². The van der Waals surface area contributed by atoms with Crippen molar-refractivity contribution in [2.24, 2.45) is 5.73 Å². The Kier molecular flexibility index (Phi) is 10.8. The van der Waals surface area contributed by atoms with E-state index in [9.17, 15) is 56.7 Å². The largest absolute Gasteiger partial charge is 0.438 e. The first kappa shape index (κ1) is 31.0. The lowest BCUT2D eigenvalue weighted by Gasteiger charge is -2.39. The summed E-state index contributed by atoms with van der Waals surface area (Å²) < 4.78 is 173. The second kappa shape index (κ2) is 10.4. The van der Waals surface area contributed by atoms with E-state index in [1.54, 1.807) is 6.08 Å². The summed E-state index contributed by atoms with van der Waals surface area (Å²) >= 11 is 0. The van der Waals surface area contributed by atoms with Gasteiger partial charge in [-0.15, -0.1) is 6.58 Å². The molecule has 1 unspecified atom stereocenters. The first-order valence-electron chi connectivity index (χ1n) is 7.96. The average molecular weight is 491 g/mol. The van der Waals surface area contributed by atoms with Crippen molar-refractivity contribution in [1.82, 2.24) is 0 Å². The highest BCUT2D eigenvalue weighted by molar-refractivity contribution is 7.87. The zero-order valence-corrected chi connectivity index (χ0v) is 16.1. The number of halogens is 11. The normalized spacial score (nSPS) is 15.3. The third-order valence-corrected chi connectivity index (χ3v) is 4.42. The highest BCUT2D eigenvalue weighted by Crippen LogP contribution is 2.59. The predicted octanol–water partition coefficient (Wildman–Crippen LogP) is 5.06. The lowest BCUT2D eigenvalue weighted by molar-refractivity contribution is -0.397. The van der Waals surface area contributed by atoms with Gasteiger partial charge in [0.1, 0.15) is 0 Å². The Labute approximate surface area is 165 Å². The molecule has 0 aromatic rings. The van der Waals surface area contributed by atoms with E-state index in [4.69, 9.17) is 10.3 Å². The second-order valence-electron chi connectivity index (χ2n) is 5.83. The molecular formula is C14H20F11NO3S. The minimum absolute atomic E-state index is 0.0184. The van der Waals surface area contributed by atoms with Gasteiger partial charge < -0.3 is 5.73 Å². The van der Waals surface area contributed by atoms with E-state index in [-0.39, 0.29) is 12.8 Å². The van der Waals surface area contributed by atoms with Gasteiger partial charge in [-0.25, -0.2) is 4.39 Å². The Bertz CT molecular complexity index is 654. The molecule has 182 valence electrons. The average Bonchev–Trinajstić information content (AvgIpc) is 2.60. The van der Waals surface area contributed by atoms with Crippen LogP contribution in [0, 0.1) is 0 Å². The van der Waals surface area contributed by atoms with Gasteiger partial charge in [-0.2, -0.15) is 52.3 Å². The predicted molar refractivity (Wildman–Crippen MR) is 84.6 cm³/mol. The number of unbranched alkanes of at least 4 members (excludes halogenated alkanes) is 2. The summed E-state index contributed by atoms with van der Waals surface area (Å²) in [5, 5.41) is -7.27. The molecule has 4 nitrogen and oxygen atoms in total. The van der Waals surface area contributed by atoms with E-state index in [1.165, 1.54) is 6.92 Å². The molecule has 0 spiro atoms. The number of hydrogen-bond acceptors (Lipinski definition) is 3. The molecule has 0 aliphatic heterocycles. The number of alkyl halides is 11. The highest BCUT2D eigenvalue weighted by Gasteiger charge is 2.89. The van der Waals surface area contributed by atoms with Gasteiger partial charge >= 0.3 is 39.1 Å². The Hall–Kier alpha value is -1.16. The van der Waals surface area contributed by atoms with Gasteiger partial charge in [0, 0.05) is 6.54 Å². The summed E-state index contributed by atoms with van der Waals surface area (Å²) in [5.41, 5.74) is 4.91. The van der Waals surface area contributed by atoms with Crippen LogP contribution in [0.2, 0.25) is 0 Å². The molecule has 0 radical (unpaired) electrons. The van der Waals surface area contributed by atoms with Gasteiger partial charge in [-0.3, -0.25) is 4.55 Å². The number of nitrogens with two attached hydrogens (primary N) is 1. The van der Waals surface area contributed by atoms with E-state index in [1.807, 2.05) is 0 Å². The maximum Gasteiger partial charge on any atom is 0.438 e. The van der Waals surface area contributed by atoms with Crippen LogP contribution in [-0.4, -0.2) is 54.6 Å². The van der Waals surface area contributed by atoms with E-state index in [0.29, 0.717) is 6.54 Å². The van der Waals surface area contributed by atoms with Gasteiger partial charge in [0.2, 0.25) is 0 Å². The summed E-state index contributed by atoms with van der Waals surface area (Å²) in [4.78, 5) is 0. The van der Waals surface area contributed by atoms with Gasteiger partial charge in [-0.05, 0) is 6.42 Å². The van der Waals surface area contributed by atoms with Crippen molar-refractivity contribution >= 4 is 10.1 Å². The van der Waals surface area contributed by atoms with Crippen molar-refractivity contribution in [3.8, 4) is 0 Å². The fraction of sp³-hybridized carbons (Fsp3) is 0.857. The molecule has 0 heterocycles. The zero-order chi connectivity index (χ0) is 24.8. The van der Waals surface area contributed by atoms with Crippen molar-refractivity contribution in [3.63, 3.8) is 0 Å². The first-order chi connectivity index (χ1) is 13.1. The summed E-state index contributed by atoms with van der Waals surface area (Å²) in [6.07, 6.45) is -4.25. The van der Waals surface area contributed by atoms with Gasteiger partial charge in [0.15, 0.2) is 6.17 Å². The van der Waals surface area contributed by atoms with Crippen LogP contribution in [-0.2, 0) is 10.1 Å². The second-order valence-corrected chi connectivity index (χ2v) is 7.29. The van der Waals surface area contributed by atoms with Crippen LogP contribution in [0.1, 0.15) is 32.6 Å². The Morgan fingerprint density at radius 1 is 0.933 bits per heavy atom. The summed E-state index contributed by atoms with van der Waals surface area (Å²) in [6.45, 7) is 5.40. The molecule has 0 aromatic heterocycles. The molecular weight excluding hydrogens is 471 g/mol. The van der Waals surface area contributed by atoms with Crippen LogP contribution < -0.4 is 5.73 Å². The maximum absolute atomic E-state index is 13.3.